The molecule has 18 heavy (non-hydrogen) atoms. The van der Waals surface area contributed by atoms with Gasteiger partial charge in [0.15, 0.2) is 0 Å². The van der Waals surface area contributed by atoms with E-state index in [0.29, 0.717) is 6.54 Å². The van der Waals surface area contributed by atoms with Crippen LogP contribution in [0.3, 0.4) is 0 Å². The van der Waals surface area contributed by atoms with E-state index in [1.165, 1.54) is 12.8 Å². The fourth-order valence-corrected chi connectivity index (χ4v) is 2.85. The molecule has 2 fully saturated rings. The number of halogens is 2. The number of alkyl halides is 2. The van der Waals surface area contributed by atoms with Gasteiger partial charge in [-0.3, -0.25) is 9.58 Å². The van der Waals surface area contributed by atoms with Crippen molar-refractivity contribution >= 4 is 0 Å². The van der Waals surface area contributed by atoms with Crippen LogP contribution in [0.5, 0.6) is 0 Å². The van der Waals surface area contributed by atoms with Gasteiger partial charge in [-0.25, -0.2) is 8.78 Å². The molecule has 0 atom stereocenters. The number of rotatable bonds is 4. The van der Waals surface area contributed by atoms with E-state index in [2.05, 4.69) is 15.2 Å². The summed E-state index contributed by atoms with van der Waals surface area (Å²) in [5.74, 6) is -2.38. The maximum absolute atomic E-state index is 12.7. The standard InChI is InChI=1S/C12H18F2N4/c13-12(14)5-10(6-12)7-18-9-11(15-16-18)8-17-3-1-2-4-17/h9-10H,1-8H2. The zero-order valence-electron chi connectivity index (χ0n) is 10.4. The molecule has 100 valence electrons. The molecule has 6 heteroatoms. The average Bonchev–Trinajstić information content (AvgIpc) is 2.88. The van der Waals surface area contributed by atoms with Crippen LogP contribution >= 0.6 is 0 Å². The molecule has 1 saturated heterocycles. The summed E-state index contributed by atoms with van der Waals surface area (Å²) >= 11 is 0. The van der Waals surface area contributed by atoms with Crippen LogP contribution in [0.2, 0.25) is 0 Å². The van der Waals surface area contributed by atoms with Crippen molar-refractivity contribution in [1.82, 2.24) is 19.9 Å². The molecule has 1 aliphatic heterocycles. The minimum atomic E-state index is -2.44. The fraction of sp³-hybridized carbons (Fsp3) is 0.833. The molecule has 4 nitrogen and oxygen atoms in total. The molecule has 0 bridgehead atoms. The van der Waals surface area contributed by atoms with Crippen molar-refractivity contribution in [2.45, 2.75) is 44.7 Å². The predicted molar refractivity (Wildman–Crippen MR) is 62.2 cm³/mol. The van der Waals surface area contributed by atoms with E-state index >= 15 is 0 Å². The van der Waals surface area contributed by atoms with Crippen molar-refractivity contribution < 1.29 is 8.78 Å². The Morgan fingerprint density at radius 3 is 2.67 bits per heavy atom. The lowest BCUT2D eigenvalue weighted by molar-refractivity contribution is -0.114. The highest BCUT2D eigenvalue weighted by Crippen LogP contribution is 2.42. The second-order valence-electron chi connectivity index (χ2n) is 5.55. The fourth-order valence-electron chi connectivity index (χ4n) is 2.85. The zero-order chi connectivity index (χ0) is 12.6. The number of hydrogen-bond acceptors (Lipinski definition) is 3. The first-order valence-electron chi connectivity index (χ1n) is 6.60. The van der Waals surface area contributed by atoms with Gasteiger partial charge in [0.1, 0.15) is 0 Å². The van der Waals surface area contributed by atoms with Crippen LogP contribution in [0.25, 0.3) is 0 Å². The molecule has 1 aliphatic carbocycles. The second-order valence-corrected chi connectivity index (χ2v) is 5.55. The normalized spacial score (nSPS) is 24.3. The van der Waals surface area contributed by atoms with E-state index in [9.17, 15) is 8.78 Å². The summed E-state index contributed by atoms with van der Waals surface area (Å²) in [7, 11) is 0. The van der Waals surface area contributed by atoms with Crippen LogP contribution in [0.4, 0.5) is 8.78 Å². The van der Waals surface area contributed by atoms with Gasteiger partial charge in [-0.1, -0.05) is 5.21 Å². The van der Waals surface area contributed by atoms with E-state index in [4.69, 9.17) is 0 Å². The van der Waals surface area contributed by atoms with Gasteiger partial charge >= 0.3 is 0 Å². The SMILES string of the molecule is FC1(F)CC(Cn2cc(CN3CCCC3)nn2)C1. The Morgan fingerprint density at radius 1 is 1.28 bits per heavy atom. The van der Waals surface area contributed by atoms with Gasteiger partial charge in [-0.15, -0.1) is 5.10 Å². The van der Waals surface area contributed by atoms with E-state index in [-0.39, 0.29) is 18.8 Å². The van der Waals surface area contributed by atoms with Crippen molar-refractivity contribution in [3.63, 3.8) is 0 Å². The van der Waals surface area contributed by atoms with E-state index in [1.807, 2.05) is 6.20 Å². The summed E-state index contributed by atoms with van der Waals surface area (Å²) in [4.78, 5) is 2.35. The highest BCUT2D eigenvalue weighted by molar-refractivity contribution is 4.94. The third kappa shape index (κ3) is 2.68. The van der Waals surface area contributed by atoms with Gasteiger partial charge in [-0.05, 0) is 31.8 Å². The summed E-state index contributed by atoms with van der Waals surface area (Å²) in [5, 5.41) is 8.13. The van der Waals surface area contributed by atoms with Crippen molar-refractivity contribution in [1.29, 1.82) is 0 Å². The van der Waals surface area contributed by atoms with Crippen LogP contribution in [0.1, 0.15) is 31.4 Å². The van der Waals surface area contributed by atoms with E-state index in [0.717, 1.165) is 25.3 Å². The third-order valence-corrected chi connectivity index (χ3v) is 3.79. The minimum Gasteiger partial charge on any atom is -0.297 e. The molecule has 2 aliphatic rings. The lowest BCUT2D eigenvalue weighted by Crippen LogP contribution is -2.37. The summed E-state index contributed by atoms with van der Waals surface area (Å²) in [5.41, 5.74) is 0.947. The largest absolute Gasteiger partial charge is 0.297 e. The Kier molecular flexibility index (Phi) is 3.05. The quantitative estimate of drug-likeness (QED) is 0.825. The summed E-state index contributed by atoms with van der Waals surface area (Å²) < 4.78 is 27.1. The van der Waals surface area contributed by atoms with Crippen molar-refractivity contribution in [3.05, 3.63) is 11.9 Å². The molecular weight excluding hydrogens is 238 g/mol. The smallest absolute Gasteiger partial charge is 0.248 e. The molecule has 2 heterocycles. The topological polar surface area (TPSA) is 34.0 Å². The summed E-state index contributed by atoms with van der Waals surface area (Å²) in [6, 6.07) is 0. The van der Waals surface area contributed by atoms with Crippen LogP contribution in [-0.4, -0.2) is 38.9 Å². The van der Waals surface area contributed by atoms with Crippen molar-refractivity contribution in [3.8, 4) is 0 Å². The minimum absolute atomic E-state index is 0.00564. The van der Waals surface area contributed by atoms with Crippen molar-refractivity contribution in [2.24, 2.45) is 5.92 Å². The highest BCUT2D eigenvalue weighted by atomic mass is 19.3. The second kappa shape index (κ2) is 4.57. The monoisotopic (exact) mass is 256 g/mol. The zero-order valence-corrected chi connectivity index (χ0v) is 10.4. The number of aromatic nitrogens is 3. The van der Waals surface area contributed by atoms with Crippen LogP contribution < -0.4 is 0 Å². The number of likely N-dealkylation sites (tertiary alicyclic amines) is 1. The molecule has 0 spiro atoms. The average molecular weight is 256 g/mol. The highest BCUT2D eigenvalue weighted by Gasteiger charge is 2.45. The molecule has 0 radical (unpaired) electrons. The van der Waals surface area contributed by atoms with Crippen LogP contribution in [0, 0.1) is 5.92 Å². The molecule has 1 aromatic heterocycles. The molecule has 0 unspecified atom stereocenters. The molecule has 1 saturated carbocycles. The molecule has 3 rings (SSSR count). The first-order chi connectivity index (χ1) is 8.61. The summed E-state index contributed by atoms with van der Waals surface area (Å²) in [6.45, 7) is 3.66. The first kappa shape index (κ1) is 12.0. The first-order valence-corrected chi connectivity index (χ1v) is 6.60. The molecule has 0 aromatic carbocycles. The Balaban J connectivity index is 1.50. The molecule has 0 N–H and O–H groups in total. The van der Waals surface area contributed by atoms with E-state index in [1.54, 1.807) is 4.68 Å². The van der Waals surface area contributed by atoms with E-state index < -0.39 is 5.92 Å². The van der Waals surface area contributed by atoms with Gasteiger partial charge < -0.3 is 0 Å². The number of hydrogen-bond donors (Lipinski definition) is 0. The van der Waals surface area contributed by atoms with Gasteiger partial charge in [0.05, 0.1) is 5.69 Å². The maximum atomic E-state index is 12.7. The van der Waals surface area contributed by atoms with Crippen molar-refractivity contribution in [2.75, 3.05) is 13.1 Å². The van der Waals surface area contributed by atoms with Gasteiger partial charge in [-0.2, -0.15) is 0 Å². The third-order valence-electron chi connectivity index (χ3n) is 3.79. The number of nitrogens with zero attached hydrogens (tertiary/aromatic N) is 4. The summed E-state index contributed by atoms with van der Waals surface area (Å²) in [6.07, 6.45) is 4.40. The van der Waals surface area contributed by atoms with Gasteiger partial charge in [0.2, 0.25) is 5.92 Å². The lowest BCUT2D eigenvalue weighted by atomic mass is 9.81. The van der Waals surface area contributed by atoms with Crippen LogP contribution in [0.15, 0.2) is 6.20 Å². The predicted octanol–water partition coefficient (Wildman–Crippen LogP) is 1.92. The molecule has 1 aromatic rings. The molecular formula is C12H18F2N4. The Hall–Kier alpha value is -1.04. The van der Waals surface area contributed by atoms with Gasteiger partial charge in [0.25, 0.3) is 0 Å². The Bertz CT molecular complexity index is 404. The lowest BCUT2D eigenvalue weighted by Gasteiger charge is -2.34. The molecule has 0 amide bonds. The van der Waals surface area contributed by atoms with Crippen LogP contribution in [-0.2, 0) is 13.1 Å². The Labute approximate surface area is 105 Å². The maximum Gasteiger partial charge on any atom is 0.248 e. The van der Waals surface area contributed by atoms with Gasteiger partial charge in [0, 0.05) is 32.1 Å². The Morgan fingerprint density at radius 2 is 2.00 bits per heavy atom.